The number of hydrogen-bond donors (Lipinski definition) is 2. The zero-order valence-corrected chi connectivity index (χ0v) is 11.3. The van der Waals surface area contributed by atoms with Crippen molar-refractivity contribution in [2.75, 3.05) is 6.54 Å². The van der Waals surface area contributed by atoms with Gasteiger partial charge < -0.3 is 10.6 Å². The van der Waals surface area contributed by atoms with Crippen molar-refractivity contribution < 1.29 is 9.59 Å². The standard InChI is InChI=1S/C13H17ClN2O2/c1-9(2)16-12(17)7-8-15-13(18)10-5-3-4-6-11(10)14/h3-6,9H,7-8H2,1-2H3,(H,15,18)(H,16,17). The van der Waals surface area contributed by atoms with Crippen molar-refractivity contribution in [2.24, 2.45) is 0 Å². The smallest absolute Gasteiger partial charge is 0.252 e. The first kappa shape index (κ1) is 14.5. The molecule has 4 nitrogen and oxygen atoms in total. The molecule has 0 aliphatic heterocycles. The van der Waals surface area contributed by atoms with Crippen LogP contribution in [0.5, 0.6) is 0 Å². The number of benzene rings is 1. The molecule has 0 saturated carbocycles. The van der Waals surface area contributed by atoms with Gasteiger partial charge in [0.1, 0.15) is 0 Å². The quantitative estimate of drug-likeness (QED) is 0.858. The second-order valence-corrected chi connectivity index (χ2v) is 4.62. The van der Waals surface area contributed by atoms with Crippen LogP contribution in [0, 0.1) is 0 Å². The summed E-state index contributed by atoms with van der Waals surface area (Å²) in [5, 5.41) is 5.82. The van der Waals surface area contributed by atoms with E-state index in [0.29, 0.717) is 17.1 Å². The van der Waals surface area contributed by atoms with Gasteiger partial charge in [0.2, 0.25) is 5.91 Å². The van der Waals surface area contributed by atoms with Crippen molar-refractivity contribution in [3.8, 4) is 0 Å². The predicted molar refractivity (Wildman–Crippen MR) is 71.7 cm³/mol. The Morgan fingerprint density at radius 1 is 1.28 bits per heavy atom. The zero-order chi connectivity index (χ0) is 13.5. The van der Waals surface area contributed by atoms with Crippen molar-refractivity contribution in [1.29, 1.82) is 0 Å². The molecule has 0 saturated heterocycles. The Kier molecular flexibility index (Phi) is 5.65. The largest absolute Gasteiger partial charge is 0.354 e. The number of hydrogen-bond acceptors (Lipinski definition) is 2. The van der Waals surface area contributed by atoms with Crippen LogP contribution in [-0.2, 0) is 4.79 Å². The van der Waals surface area contributed by atoms with Crippen LogP contribution in [-0.4, -0.2) is 24.4 Å². The Morgan fingerprint density at radius 3 is 2.56 bits per heavy atom. The fourth-order valence-electron chi connectivity index (χ4n) is 1.42. The lowest BCUT2D eigenvalue weighted by atomic mass is 10.2. The SMILES string of the molecule is CC(C)NC(=O)CCNC(=O)c1ccccc1Cl. The molecule has 98 valence electrons. The second kappa shape index (κ2) is 7.01. The molecular weight excluding hydrogens is 252 g/mol. The highest BCUT2D eigenvalue weighted by molar-refractivity contribution is 6.33. The lowest BCUT2D eigenvalue weighted by Gasteiger charge is -2.09. The summed E-state index contributed by atoms with van der Waals surface area (Å²) < 4.78 is 0. The molecule has 2 amide bonds. The van der Waals surface area contributed by atoms with Gasteiger partial charge in [-0.3, -0.25) is 9.59 Å². The van der Waals surface area contributed by atoms with Gasteiger partial charge in [-0.1, -0.05) is 23.7 Å². The minimum Gasteiger partial charge on any atom is -0.354 e. The van der Waals surface area contributed by atoms with E-state index in [1.807, 2.05) is 13.8 Å². The summed E-state index contributed by atoms with van der Waals surface area (Å²) in [6.45, 7) is 4.07. The molecular formula is C13H17ClN2O2. The first-order chi connectivity index (χ1) is 8.50. The van der Waals surface area contributed by atoms with Crippen LogP contribution >= 0.6 is 11.6 Å². The van der Waals surface area contributed by atoms with Gasteiger partial charge in [-0.25, -0.2) is 0 Å². The highest BCUT2D eigenvalue weighted by Gasteiger charge is 2.09. The molecule has 1 aromatic carbocycles. The van der Waals surface area contributed by atoms with Crippen molar-refractivity contribution in [1.82, 2.24) is 10.6 Å². The van der Waals surface area contributed by atoms with E-state index < -0.39 is 0 Å². The molecule has 2 N–H and O–H groups in total. The normalized spacial score (nSPS) is 10.2. The minimum absolute atomic E-state index is 0.0792. The maximum absolute atomic E-state index is 11.7. The fraction of sp³-hybridized carbons (Fsp3) is 0.385. The number of rotatable bonds is 5. The van der Waals surface area contributed by atoms with E-state index in [2.05, 4.69) is 10.6 Å². The Morgan fingerprint density at radius 2 is 1.94 bits per heavy atom. The molecule has 18 heavy (non-hydrogen) atoms. The van der Waals surface area contributed by atoms with E-state index in [4.69, 9.17) is 11.6 Å². The third kappa shape index (κ3) is 4.75. The summed E-state index contributed by atoms with van der Waals surface area (Å²) in [4.78, 5) is 23.1. The summed E-state index contributed by atoms with van der Waals surface area (Å²) in [5.74, 6) is -0.345. The number of carbonyl (C=O) groups is 2. The molecule has 0 atom stereocenters. The van der Waals surface area contributed by atoms with Gasteiger partial charge in [-0.15, -0.1) is 0 Å². The lowest BCUT2D eigenvalue weighted by molar-refractivity contribution is -0.121. The Hall–Kier alpha value is -1.55. The molecule has 0 bridgehead atoms. The van der Waals surface area contributed by atoms with Gasteiger partial charge in [-0.05, 0) is 26.0 Å². The van der Waals surface area contributed by atoms with Gasteiger partial charge in [0.25, 0.3) is 5.91 Å². The van der Waals surface area contributed by atoms with E-state index in [-0.39, 0.29) is 24.3 Å². The van der Waals surface area contributed by atoms with Crippen LogP contribution in [0.3, 0.4) is 0 Å². The third-order valence-corrected chi connectivity index (χ3v) is 2.54. The Balaban J connectivity index is 2.39. The van der Waals surface area contributed by atoms with Crippen LogP contribution in [0.1, 0.15) is 30.6 Å². The highest BCUT2D eigenvalue weighted by Crippen LogP contribution is 2.14. The van der Waals surface area contributed by atoms with E-state index >= 15 is 0 Å². The van der Waals surface area contributed by atoms with Gasteiger partial charge in [0.05, 0.1) is 10.6 Å². The first-order valence-corrected chi connectivity index (χ1v) is 6.20. The molecule has 0 aliphatic carbocycles. The summed E-state index contributed by atoms with van der Waals surface area (Å²) in [6, 6.07) is 6.91. The zero-order valence-electron chi connectivity index (χ0n) is 10.5. The van der Waals surface area contributed by atoms with Gasteiger partial charge in [0.15, 0.2) is 0 Å². The highest BCUT2D eigenvalue weighted by atomic mass is 35.5. The van der Waals surface area contributed by atoms with Crippen LogP contribution in [0.4, 0.5) is 0 Å². The predicted octanol–water partition coefficient (Wildman–Crippen LogP) is 1.98. The van der Waals surface area contributed by atoms with Gasteiger partial charge in [-0.2, -0.15) is 0 Å². The molecule has 1 rings (SSSR count). The molecule has 0 spiro atoms. The lowest BCUT2D eigenvalue weighted by Crippen LogP contribution is -2.34. The van der Waals surface area contributed by atoms with Crippen molar-refractivity contribution in [2.45, 2.75) is 26.3 Å². The molecule has 1 aromatic rings. The Bertz CT molecular complexity index is 433. The summed E-state index contributed by atoms with van der Waals surface area (Å²) in [5.41, 5.74) is 0.420. The first-order valence-electron chi connectivity index (χ1n) is 5.83. The van der Waals surface area contributed by atoms with Crippen LogP contribution < -0.4 is 10.6 Å². The summed E-state index contributed by atoms with van der Waals surface area (Å²) in [7, 11) is 0. The van der Waals surface area contributed by atoms with E-state index in [9.17, 15) is 9.59 Å². The number of halogens is 1. The molecule has 5 heteroatoms. The maximum Gasteiger partial charge on any atom is 0.252 e. The van der Waals surface area contributed by atoms with Crippen LogP contribution in [0.15, 0.2) is 24.3 Å². The van der Waals surface area contributed by atoms with Crippen molar-refractivity contribution in [3.05, 3.63) is 34.9 Å². The molecule has 0 radical (unpaired) electrons. The second-order valence-electron chi connectivity index (χ2n) is 4.21. The van der Waals surface area contributed by atoms with E-state index in [1.165, 1.54) is 0 Å². The molecule has 0 aromatic heterocycles. The Labute approximate surface area is 112 Å². The molecule has 0 fully saturated rings. The minimum atomic E-state index is -0.266. The van der Waals surface area contributed by atoms with Gasteiger partial charge in [0, 0.05) is 19.0 Å². The van der Waals surface area contributed by atoms with Crippen molar-refractivity contribution >= 4 is 23.4 Å². The number of amides is 2. The molecule has 0 unspecified atom stereocenters. The molecule has 0 aliphatic rings. The number of carbonyl (C=O) groups excluding carboxylic acids is 2. The van der Waals surface area contributed by atoms with E-state index in [0.717, 1.165) is 0 Å². The maximum atomic E-state index is 11.7. The summed E-state index contributed by atoms with van der Waals surface area (Å²) in [6.07, 6.45) is 0.258. The molecule has 0 heterocycles. The monoisotopic (exact) mass is 268 g/mol. The third-order valence-electron chi connectivity index (χ3n) is 2.21. The average Bonchev–Trinajstić information content (AvgIpc) is 2.28. The fourth-order valence-corrected chi connectivity index (χ4v) is 1.65. The summed E-state index contributed by atoms with van der Waals surface area (Å²) >= 11 is 5.89. The average molecular weight is 269 g/mol. The van der Waals surface area contributed by atoms with Gasteiger partial charge >= 0.3 is 0 Å². The van der Waals surface area contributed by atoms with E-state index in [1.54, 1.807) is 24.3 Å². The van der Waals surface area contributed by atoms with Crippen LogP contribution in [0.25, 0.3) is 0 Å². The topological polar surface area (TPSA) is 58.2 Å². The number of nitrogens with one attached hydrogen (secondary N) is 2. The van der Waals surface area contributed by atoms with Crippen molar-refractivity contribution in [3.63, 3.8) is 0 Å². The van der Waals surface area contributed by atoms with Crippen LogP contribution in [0.2, 0.25) is 5.02 Å².